The van der Waals surface area contributed by atoms with Crippen molar-refractivity contribution in [2.24, 2.45) is 0 Å². The molecule has 1 aliphatic rings. The molecule has 0 amide bonds. The average molecular weight is 307 g/mol. The zero-order valence-electron chi connectivity index (χ0n) is 13.3. The van der Waals surface area contributed by atoms with Crippen LogP contribution in [0.3, 0.4) is 0 Å². The van der Waals surface area contributed by atoms with Crippen LogP contribution >= 0.6 is 0 Å². The fourth-order valence-corrected chi connectivity index (χ4v) is 22.1. The summed E-state index contributed by atoms with van der Waals surface area (Å²) in [6, 6.07) is 0. The summed E-state index contributed by atoms with van der Waals surface area (Å²) in [6.45, 7) is 7.18. The van der Waals surface area contributed by atoms with E-state index in [0.29, 0.717) is 0 Å². The van der Waals surface area contributed by atoms with Gasteiger partial charge in [-0.3, -0.25) is 0 Å². The molecular formula is C9H30N6Si3. The Balaban J connectivity index is 3.38. The van der Waals surface area contributed by atoms with E-state index in [1.807, 2.05) is 0 Å². The summed E-state index contributed by atoms with van der Waals surface area (Å²) >= 11 is 0. The molecule has 0 aromatic rings. The Morgan fingerprint density at radius 2 is 0.722 bits per heavy atom. The van der Waals surface area contributed by atoms with Gasteiger partial charge >= 0.3 is 0 Å². The molecule has 3 N–H and O–H groups in total. The van der Waals surface area contributed by atoms with Gasteiger partial charge in [-0.15, -0.1) is 0 Å². The molecule has 9 heteroatoms. The maximum Gasteiger partial charge on any atom is 0.273 e. The van der Waals surface area contributed by atoms with Gasteiger partial charge in [0.05, 0.1) is 0 Å². The standard InChI is InChI=1S/C9H30N6Si3/c1-10-16(7)13(4)17(8,11-2)15(6)18(9,12-3)14(16)5/h10-12H,1-9H3. The molecule has 0 spiro atoms. The first-order valence-corrected chi connectivity index (χ1v) is 13.6. The Bertz CT molecular complexity index is 255. The van der Waals surface area contributed by atoms with Gasteiger partial charge in [-0.1, -0.05) is 0 Å². The van der Waals surface area contributed by atoms with E-state index < -0.39 is 25.7 Å². The minimum Gasteiger partial charge on any atom is -0.317 e. The molecule has 1 fully saturated rings. The quantitative estimate of drug-likeness (QED) is 0.591. The molecule has 6 nitrogen and oxygen atoms in total. The van der Waals surface area contributed by atoms with Crippen LogP contribution in [0.4, 0.5) is 0 Å². The molecule has 0 bridgehead atoms. The van der Waals surface area contributed by atoms with E-state index in [1.165, 1.54) is 0 Å². The van der Waals surface area contributed by atoms with Crippen LogP contribution in [0.2, 0.25) is 19.6 Å². The SMILES string of the molecule is CN[Si]1(C)N(C)[Si](C)(NC)N(C)[Si](C)(NC)N1C. The average Bonchev–Trinajstić information content (AvgIpc) is 2.40. The molecule has 0 radical (unpaired) electrons. The summed E-state index contributed by atoms with van der Waals surface area (Å²) in [5, 5.41) is 0. The number of nitrogens with one attached hydrogen (secondary N) is 3. The Hall–Kier alpha value is 0.411. The molecule has 1 saturated heterocycles. The van der Waals surface area contributed by atoms with Gasteiger partial charge in [-0.05, 0) is 61.9 Å². The second kappa shape index (κ2) is 5.07. The van der Waals surface area contributed by atoms with Gasteiger partial charge in [-0.25, -0.2) is 0 Å². The zero-order valence-corrected chi connectivity index (χ0v) is 16.3. The van der Waals surface area contributed by atoms with Gasteiger partial charge in [-0.2, -0.15) is 0 Å². The van der Waals surface area contributed by atoms with Crippen molar-refractivity contribution in [1.82, 2.24) is 27.6 Å². The predicted octanol–water partition coefficient (Wildman–Crippen LogP) is -0.840. The van der Waals surface area contributed by atoms with Crippen LogP contribution in [-0.2, 0) is 0 Å². The minimum absolute atomic E-state index is 1.80. The molecule has 0 atom stereocenters. The van der Waals surface area contributed by atoms with Crippen molar-refractivity contribution in [2.45, 2.75) is 19.6 Å². The van der Waals surface area contributed by atoms with Gasteiger partial charge in [0.25, 0.3) is 25.7 Å². The molecule has 0 saturated carbocycles. The topological polar surface area (TPSA) is 45.8 Å². The van der Waals surface area contributed by atoms with E-state index in [1.54, 1.807) is 0 Å². The number of hydrogen-bond acceptors (Lipinski definition) is 6. The highest BCUT2D eigenvalue weighted by Gasteiger charge is 2.63. The summed E-state index contributed by atoms with van der Waals surface area (Å²) in [4.78, 5) is 10.9. The first kappa shape index (κ1) is 16.5. The van der Waals surface area contributed by atoms with Crippen LogP contribution in [0, 0.1) is 0 Å². The summed E-state index contributed by atoms with van der Waals surface area (Å²) in [6.07, 6.45) is 0. The Kier molecular flexibility index (Phi) is 4.64. The van der Waals surface area contributed by atoms with E-state index in [0.717, 1.165) is 0 Å². The van der Waals surface area contributed by atoms with Crippen LogP contribution in [0.1, 0.15) is 0 Å². The third-order valence-corrected chi connectivity index (χ3v) is 23.9. The van der Waals surface area contributed by atoms with Crippen LogP contribution < -0.4 is 14.9 Å². The maximum absolute atomic E-state index is 3.63. The molecular weight excluding hydrogens is 276 g/mol. The van der Waals surface area contributed by atoms with Crippen molar-refractivity contribution in [2.75, 3.05) is 42.3 Å². The predicted molar refractivity (Wildman–Crippen MR) is 85.3 cm³/mol. The van der Waals surface area contributed by atoms with Crippen molar-refractivity contribution in [3.8, 4) is 0 Å². The van der Waals surface area contributed by atoms with Crippen molar-refractivity contribution in [3.05, 3.63) is 0 Å². The third-order valence-electron chi connectivity index (χ3n) is 5.34. The summed E-state index contributed by atoms with van der Waals surface area (Å²) in [5.74, 6) is 0. The third kappa shape index (κ3) is 1.89. The molecule has 0 aromatic carbocycles. The normalized spacial score (nSPS) is 44.5. The largest absolute Gasteiger partial charge is 0.317 e. The lowest BCUT2D eigenvalue weighted by atomic mass is 11.5. The highest BCUT2D eigenvalue weighted by molar-refractivity contribution is 7.02. The highest BCUT2D eigenvalue weighted by atomic mass is 28.5. The van der Waals surface area contributed by atoms with Crippen molar-refractivity contribution >= 4 is 25.7 Å². The summed E-state index contributed by atoms with van der Waals surface area (Å²) < 4.78 is 7.81. The monoisotopic (exact) mass is 306 g/mol. The second-order valence-corrected chi connectivity index (χ2v) is 18.5. The number of rotatable bonds is 3. The van der Waals surface area contributed by atoms with Gasteiger partial charge < -0.3 is 27.6 Å². The molecule has 1 heterocycles. The van der Waals surface area contributed by atoms with E-state index in [2.05, 4.69) is 89.6 Å². The Morgan fingerprint density at radius 3 is 0.833 bits per heavy atom. The van der Waals surface area contributed by atoms with Crippen LogP contribution in [0.15, 0.2) is 0 Å². The lowest BCUT2D eigenvalue weighted by molar-refractivity contribution is 0.436. The fraction of sp³-hybridized carbons (Fsp3) is 1.00. The van der Waals surface area contributed by atoms with E-state index in [4.69, 9.17) is 0 Å². The molecule has 0 unspecified atom stereocenters. The number of hydrogen-bond donors (Lipinski definition) is 3. The molecule has 0 aromatic heterocycles. The molecule has 1 aliphatic heterocycles. The van der Waals surface area contributed by atoms with E-state index >= 15 is 0 Å². The van der Waals surface area contributed by atoms with Crippen molar-refractivity contribution < 1.29 is 0 Å². The summed E-state index contributed by atoms with van der Waals surface area (Å²) in [5.41, 5.74) is 0. The van der Waals surface area contributed by atoms with E-state index in [-0.39, 0.29) is 0 Å². The van der Waals surface area contributed by atoms with Gasteiger partial charge in [0, 0.05) is 0 Å². The molecule has 108 valence electrons. The smallest absolute Gasteiger partial charge is 0.273 e. The summed E-state index contributed by atoms with van der Waals surface area (Å²) in [7, 11) is 7.69. The molecule has 1 rings (SSSR count). The second-order valence-electron chi connectivity index (χ2n) is 5.49. The van der Waals surface area contributed by atoms with Crippen molar-refractivity contribution in [3.63, 3.8) is 0 Å². The molecule has 18 heavy (non-hydrogen) atoms. The van der Waals surface area contributed by atoms with Crippen LogP contribution in [0.5, 0.6) is 0 Å². The minimum atomic E-state index is -1.80. The maximum atomic E-state index is 3.63. The Labute approximate surface area is 115 Å². The van der Waals surface area contributed by atoms with E-state index in [9.17, 15) is 0 Å². The van der Waals surface area contributed by atoms with Gasteiger partial charge in [0.15, 0.2) is 0 Å². The lowest BCUT2D eigenvalue weighted by Gasteiger charge is -2.65. The first-order valence-electron chi connectivity index (χ1n) is 6.43. The van der Waals surface area contributed by atoms with Crippen molar-refractivity contribution in [1.29, 1.82) is 0 Å². The molecule has 0 aliphatic carbocycles. The lowest BCUT2D eigenvalue weighted by Crippen LogP contribution is -2.97. The van der Waals surface area contributed by atoms with Crippen LogP contribution in [-0.4, -0.2) is 80.7 Å². The zero-order chi connectivity index (χ0) is 14.4. The fourth-order valence-electron chi connectivity index (χ4n) is 2.95. The first-order chi connectivity index (χ1) is 8.15. The number of nitrogens with zero attached hydrogens (tertiary/aromatic N) is 3. The Morgan fingerprint density at radius 1 is 0.556 bits per heavy atom. The van der Waals surface area contributed by atoms with Gasteiger partial charge in [0.2, 0.25) is 0 Å². The highest BCUT2D eigenvalue weighted by Crippen LogP contribution is 2.30. The van der Waals surface area contributed by atoms with Crippen LogP contribution in [0.25, 0.3) is 0 Å². The van der Waals surface area contributed by atoms with Gasteiger partial charge in [0.1, 0.15) is 0 Å².